The number of carbonyl (C=O) groups excluding carboxylic acids is 1. The molecule has 1 amide bonds. The Labute approximate surface area is 163 Å². The van der Waals surface area contributed by atoms with Gasteiger partial charge in [0.2, 0.25) is 5.91 Å². The Morgan fingerprint density at radius 1 is 1.11 bits per heavy atom. The number of nitrogens with two attached hydrogens (primary N) is 1. The highest BCUT2D eigenvalue weighted by Gasteiger charge is 2.15. The number of amides is 1. The molecule has 4 rings (SSSR count). The van der Waals surface area contributed by atoms with Crippen LogP contribution >= 0.6 is 0 Å². The molecule has 6 heteroatoms. The molecule has 28 heavy (non-hydrogen) atoms. The van der Waals surface area contributed by atoms with Crippen LogP contribution in [0, 0.1) is 6.92 Å². The smallest absolute Gasteiger partial charge is 0.237 e. The lowest BCUT2D eigenvalue weighted by molar-refractivity contribution is -0.118. The maximum absolute atomic E-state index is 11.5. The van der Waals surface area contributed by atoms with Crippen molar-refractivity contribution in [2.24, 2.45) is 5.73 Å². The normalized spacial score (nSPS) is 11.2. The summed E-state index contributed by atoms with van der Waals surface area (Å²) < 4.78 is 1.99. The van der Waals surface area contributed by atoms with Gasteiger partial charge in [0.05, 0.1) is 11.9 Å². The Morgan fingerprint density at radius 3 is 2.64 bits per heavy atom. The molecule has 2 aromatic heterocycles. The summed E-state index contributed by atoms with van der Waals surface area (Å²) in [5.41, 5.74) is 12.0. The number of hydrogen-bond acceptors (Lipinski definition) is 3. The number of nitrogens with one attached hydrogen (secondary N) is 2. The van der Waals surface area contributed by atoms with Gasteiger partial charge in [-0.3, -0.25) is 9.89 Å². The number of benzene rings is 2. The molecule has 0 unspecified atom stereocenters. The van der Waals surface area contributed by atoms with Crippen LogP contribution in [0.1, 0.15) is 16.8 Å². The van der Waals surface area contributed by atoms with E-state index >= 15 is 0 Å². The monoisotopic (exact) mass is 373 g/mol. The molecule has 2 aromatic carbocycles. The Bertz CT molecular complexity index is 1110. The number of para-hydroxylation sites is 1. The summed E-state index contributed by atoms with van der Waals surface area (Å²) in [5, 5.41) is 12.0. The predicted molar refractivity (Wildman–Crippen MR) is 110 cm³/mol. The molecule has 0 radical (unpaired) electrons. The number of fused-ring (bicyclic) bond motifs is 1. The van der Waals surface area contributed by atoms with Gasteiger partial charge in [0.15, 0.2) is 0 Å². The number of nitrogens with zero attached hydrogens (tertiary/aromatic N) is 2. The topological polar surface area (TPSA) is 88.7 Å². The van der Waals surface area contributed by atoms with E-state index in [-0.39, 0.29) is 12.5 Å². The minimum absolute atomic E-state index is 0.187. The van der Waals surface area contributed by atoms with E-state index < -0.39 is 0 Å². The first-order chi connectivity index (χ1) is 13.6. The van der Waals surface area contributed by atoms with Crippen molar-refractivity contribution in [1.82, 2.24) is 20.1 Å². The van der Waals surface area contributed by atoms with E-state index in [9.17, 15) is 4.79 Å². The summed E-state index contributed by atoms with van der Waals surface area (Å²) in [6.07, 6.45) is 1.86. The molecule has 0 fully saturated rings. The van der Waals surface area contributed by atoms with Crippen LogP contribution in [0.5, 0.6) is 0 Å². The minimum Gasteiger partial charge on any atom is -0.368 e. The second-order valence-corrected chi connectivity index (χ2v) is 6.87. The lowest BCUT2D eigenvalue weighted by Crippen LogP contribution is -2.19. The van der Waals surface area contributed by atoms with E-state index in [2.05, 4.69) is 33.7 Å². The third-order valence-corrected chi connectivity index (χ3v) is 5.07. The van der Waals surface area contributed by atoms with Crippen LogP contribution in [-0.4, -0.2) is 20.7 Å². The largest absolute Gasteiger partial charge is 0.368 e. The molecule has 2 heterocycles. The van der Waals surface area contributed by atoms with Gasteiger partial charge < -0.3 is 15.6 Å². The van der Waals surface area contributed by atoms with Crippen LogP contribution in [0.15, 0.2) is 60.8 Å². The van der Waals surface area contributed by atoms with E-state index in [4.69, 9.17) is 5.73 Å². The van der Waals surface area contributed by atoms with Crippen molar-refractivity contribution in [3.63, 3.8) is 0 Å². The van der Waals surface area contributed by atoms with Gasteiger partial charge in [0.25, 0.3) is 0 Å². The van der Waals surface area contributed by atoms with Crippen LogP contribution in [-0.2, 0) is 24.4 Å². The average Bonchev–Trinajstić information content (AvgIpc) is 3.27. The quantitative estimate of drug-likeness (QED) is 0.465. The maximum atomic E-state index is 11.5. The molecular weight excluding hydrogens is 350 g/mol. The van der Waals surface area contributed by atoms with Gasteiger partial charge in [-0.1, -0.05) is 48.5 Å². The predicted octanol–water partition coefficient (Wildman–Crippen LogP) is 3.11. The minimum atomic E-state index is -0.339. The Kier molecular flexibility index (Phi) is 4.95. The summed E-state index contributed by atoms with van der Waals surface area (Å²) in [5.74, 6) is -0.339. The van der Waals surface area contributed by atoms with Gasteiger partial charge in [-0.15, -0.1) is 0 Å². The van der Waals surface area contributed by atoms with Crippen LogP contribution in [0.2, 0.25) is 0 Å². The maximum Gasteiger partial charge on any atom is 0.237 e. The van der Waals surface area contributed by atoms with Crippen LogP contribution in [0.4, 0.5) is 0 Å². The number of rotatable bonds is 7. The van der Waals surface area contributed by atoms with Crippen molar-refractivity contribution in [2.45, 2.75) is 26.6 Å². The SMILES string of the molecule is Cc1c(CNCc2cn[nH]c2-c2ccccc2)c2ccccc2n1CC(N)=O. The number of aromatic nitrogens is 3. The van der Waals surface area contributed by atoms with Crippen molar-refractivity contribution >= 4 is 16.8 Å². The first-order valence-electron chi connectivity index (χ1n) is 9.28. The first-order valence-corrected chi connectivity index (χ1v) is 9.28. The third kappa shape index (κ3) is 3.42. The van der Waals surface area contributed by atoms with Crippen LogP contribution in [0.3, 0.4) is 0 Å². The molecule has 4 N–H and O–H groups in total. The van der Waals surface area contributed by atoms with Gasteiger partial charge in [-0.25, -0.2) is 0 Å². The molecule has 0 atom stereocenters. The van der Waals surface area contributed by atoms with Crippen molar-refractivity contribution < 1.29 is 4.79 Å². The first kappa shape index (κ1) is 18.0. The highest BCUT2D eigenvalue weighted by molar-refractivity contribution is 5.87. The second-order valence-electron chi connectivity index (χ2n) is 6.87. The molecule has 0 aliphatic carbocycles. The lowest BCUT2D eigenvalue weighted by atomic mass is 10.1. The molecule has 0 saturated heterocycles. The van der Waals surface area contributed by atoms with Crippen molar-refractivity contribution in [3.05, 3.63) is 77.6 Å². The van der Waals surface area contributed by atoms with Gasteiger partial charge in [0, 0.05) is 35.2 Å². The summed E-state index contributed by atoms with van der Waals surface area (Å²) >= 11 is 0. The zero-order valence-electron chi connectivity index (χ0n) is 15.8. The Hall–Kier alpha value is -3.38. The Morgan fingerprint density at radius 2 is 1.86 bits per heavy atom. The van der Waals surface area contributed by atoms with E-state index in [1.807, 2.05) is 54.1 Å². The number of hydrogen-bond donors (Lipinski definition) is 3. The van der Waals surface area contributed by atoms with Gasteiger partial charge >= 0.3 is 0 Å². The molecule has 6 nitrogen and oxygen atoms in total. The third-order valence-electron chi connectivity index (χ3n) is 5.07. The summed E-state index contributed by atoms with van der Waals surface area (Å²) in [6.45, 7) is 3.60. The van der Waals surface area contributed by atoms with Crippen molar-refractivity contribution in [1.29, 1.82) is 0 Å². The van der Waals surface area contributed by atoms with Gasteiger partial charge in [-0.2, -0.15) is 5.10 Å². The molecule has 0 bridgehead atoms. The van der Waals surface area contributed by atoms with E-state index in [1.54, 1.807) is 0 Å². The fraction of sp³-hybridized carbons (Fsp3) is 0.182. The van der Waals surface area contributed by atoms with Crippen LogP contribution in [0.25, 0.3) is 22.2 Å². The van der Waals surface area contributed by atoms with Gasteiger partial charge in [0.1, 0.15) is 6.54 Å². The van der Waals surface area contributed by atoms with E-state index in [1.165, 1.54) is 5.56 Å². The summed E-state index contributed by atoms with van der Waals surface area (Å²) in [7, 11) is 0. The second kappa shape index (κ2) is 7.70. The Balaban J connectivity index is 1.56. The van der Waals surface area contributed by atoms with E-state index in [0.717, 1.165) is 33.4 Å². The average molecular weight is 373 g/mol. The van der Waals surface area contributed by atoms with Crippen molar-refractivity contribution in [3.8, 4) is 11.3 Å². The zero-order chi connectivity index (χ0) is 19.5. The van der Waals surface area contributed by atoms with Crippen LogP contribution < -0.4 is 11.1 Å². The molecule has 142 valence electrons. The highest BCUT2D eigenvalue weighted by Crippen LogP contribution is 2.26. The number of H-pyrrole nitrogens is 1. The highest BCUT2D eigenvalue weighted by atomic mass is 16.1. The summed E-state index contributed by atoms with van der Waals surface area (Å²) in [6, 6.07) is 18.3. The molecular formula is C22H23N5O. The fourth-order valence-corrected chi connectivity index (χ4v) is 3.71. The molecule has 0 aliphatic rings. The summed E-state index contributed by atoms with van der Waals surface area (Å²) in [4.78, 5) is 11.5. The number of primary amides is 1. The van der Waals surface area contributed by atoms with Crippen molar-refractivity contribution in [2.75, 3.05) is 0 Å². The molecule has 4 aromatic rings. The number of carbonyl (C=O) groups is 1. The molecule has 0 spiro atoms. The lowest BCUT2D eigenvalue weighted by Gasteiger charge is -2.08. The zero-order valence-corrected chi connectivity index (χ0v) is 15.8. The van der Waals surface area contributed by atoms with E-state index in [0.29, 0.717) is 13.1 Å². The molecule has 0 saturated carbocycles. The standard InChI is InChI=1S/C22H23N5O/c1-15-19(18-9-5-6-10-20(18)27(15)14-21(23)28)13-24-11-17-12-25-26-22(17)16-7-3-2-4-8-16/h2-10,12,24H,11,13-14H2,1H3,(H2,23,28)(H,25,26). The fourth-order valence-electron chi connectivity index (χ4n) is 3.71. The number of aromatic amines is 1. The van der Waals surface area contributed by atoms with Gasteiger partial charge in [-0.05, 0) is 24.1 Å². The molecule has 0 aliphatic heterocycles.